The van der Waals surface area contributed by atoms with E-state index in [1.165, 1.54) is 0 Å². The molecular formula is C34H39N5O4. The van der Waals surface area contributed by atoms with E-state index in [9.17, 15) is 19.5 Å². The van der Waals surface area contributed by atoms with Gasteiger partial charge in [-0.05, 0) is 43.4 Å². The molecule has 43 heavy (non-hydrogen) atoms. The summed E-state index contributed by atoms with van der Waals surface area (Å²) in [7, 11) is 4.12. The third-order valence-corrected chi connectivity index (χ3v) is 8.25. The van der Waals surface area contributed by atoms with Crippen LogP contribution in [0.25, 0.3) is 16.5 Å². The molecule has 1 fully saturated rings. The molecule has 1 saturated heterocycles. The number of carboxylic acid groups (broad SMARTS) is 1. The SMILES string of the molecule is CN(C)CCN1CCN(Cc2c(C(=O)O)c3c([C@@H](CC(N)=O)c4ccccc4)cccc3c(=O)n2-c2ccccc2)CC1. The van der Waals surface area contributed by atoms with E-state index in [4.69, 9.17) is 5.73 Å². The second kappa shape index (κ2) is 13.3. The Labute approximate surface area is 251 Å². The summed E-state index contributed by atoms with van der Waals surface area (Å²) in [6.45, 7) is 5.46. The van der Waals surface area contributed by atoms with Crippen molar-refractivity contribution in [2.45, 2.75) is 18.9 Å². The first-order chi connectivity index (χ1) is 20.7. The number of piperazine rings is 1. The molecule has 4 aromatic rings. The van der Waals surface area contributed by atoms with Crippen LogP contribution in [0.5, 0.6) is 0 Å². The maximum absolute atomic E-state index is 14.3. The fourth-order valence-electron chi connectivity index (χ4n) is 6.07. The molecule has 0 unspecified atom stereocenters. The van der Waals surface area contributed by atoms with Crippen molar-refractivity contribution >= 4 is 22.6 Å². The number of benzene rings is 3. The highest BCUT2D eigenvalue weighted by Crippen LogP contribution is 2.36. The Morgan fingerprint density at radius 2 is 1.51 bits per heavy atom. The molecule has 1 atom stereocenters. The van der Waals surface area contributed by atoms with E-state index in [1.54, 1.807) is 16.7 Å². The number of para-hydroxylation sites is 1. The van der Waals surface area contributed by atoms with E-state index < -0.39 is 17.8 Å². The number of hydrogen-bond donors (Lipinski definition) is 2. The Balaban J connectivity index is 1.70. The average Bonchev–Trinajstić information content (AvgIpc) is 3.00. The third kappa shape index (κ3) is 6.69. The van der Waals surface area contributed by atoms with Crippen molar-refractivity contribution in [1.82, 2.24) is 19.3 Å². The standard InChI is InChI=1S/C34H39N5O4/c1-36(2)16-17-37-18-20-38(21-19-37)23-29-32(34(42)43)31-26(28(22-30(35)40)24-10-5-3-6-11-24)14-9-15-27(31)33(41)39(29)25-12-7-4-8-13-25/h3-15,28H,16-23H2,1-2H3,(H2,35,40)(H,42,43)/t28-/m0/s1. The van der Waals surface area contributed by atoms with Gasteiger partial charge < -0.3 is 15.7 Å². The Kier molecular flexibility index (Phi) is 9.35. The zero-order chi connectivity index (χ0) is 30.5. The van der Waals surface area contributed by atoms with Crippen LogP contribution >= 0.6 is 0 Å². The van der Waals surface area contributed by atoms with Crippen LogP contribution in [0.4, 0.5) is 0 Å². The fraction of sp³-hybridized carbons (Fsp3) is 0.324. The van der Waals surface area contributed by atoms with Crippen LogP contribution in [0, 0.1) is 0 Å². The number of fused-ring (bicyclic) bond motifs is 1. The van der Waals surface area contributed by atoms with Gasteiger partial charge >= 0.3 is 5.97 Å². The van der Waals surface area contributed by atoms with Crippen molar-refractivity contribution in [1.29, 1.82) is 0 Å². The number of carbonyl (C=O) groups is 2. The first-order valence-corrected chi connectivity index (χ1v) is 14.7. The Hall–Kier alpha value is -4.31. The summed E-state index contributed by atoms with van der Waals surface area (Å²) in [4.78, 5) is 46.7. The predicted octanol–water partition coefficient (Wildman–Crippen LogP) is 3.38. The molecule has 5 rings (SSSR count). The van der Waals surface area contributed by atoms with E-state index >= 15 is 0 Å². The number of rotatable bonds is 11. The summed E-state index contributed by atoms with van der Waals surface area (Å²) in [5.74, 6) is -2.14. The number of aromatic carboxylic acids is 1. The second-order valence-corrected chi connectivity index (χ2v) is 11.4. The average molecular weight is 582 g/mol. The van der Waals surface area contributed by atoms with Crippen molar-refractivity contribution in [2.75, 3.05) is 53.4 Å². The van der Waals surface area contributed by atoms with Gasteiger partial charge in [-0.2, -0.15) is 0 Å². The van der Waals surface area contributed by atoms with E-state index in [0.717, 1.165) is 44.8 Å². The minimum absolute atomic E-state index is 0.0196. The Bertz CT molecular complexity index is 1640. The minimum atomic E-state index is -1.12. The number of primary amides is 1. The normalized spacial score (nSPS) is 15.1. The largest absolute Gasteiger partial charge is 0.478 e. The van der Waals surface area contributed by atoms with Gasteiger partial charge in [0.2, 0.25) is 5.91 Å². The summed E-state index contributed by atoms with van der Waals surface area (Å²) in [5, 5.41) is 11.5. The maximum Gasteiger partial charge on any atom is 0.338 e. The molecule has 1 aromatic heterocycles. The molecule has 0 aliphatic carbocycles. The molecule has 0 radical (unpaired) electrons. The molecule has 224 valence electrons. The molecule has 9 nitrogen and oxygen atoms in total. The van der Waals surface area contributed by atoms with Gasteiger partial charge in [0.15, 0.2) is 0 Å². The molecule has 1 aliphatic heterocycles. The van der Waals surface area contributed by atoms with Crippen molar-refractivity contribution in [3.05, 3.63) is 112 Å². The molecule has 0 bridgehead atoms. The number of amides is 1. The highest BCUT2D eigenvalue weighted by Gasteiger charge is 2.29. The lowest BCUT2D eigenvalue weighted by molar-refractivity contribution is -0.118. The van der Waals surface area contributed by atoms with Gasteiger partial charge in [-0.25, -0.2) is 4.79 Å². The van der Waals surface area contributed by atoms with E-state index in [0.29, 0.717) is 34.3 Å². The number of aromatic nitrogens is 1. The van der Waals surface area contributed by atoms with Crippen LogP contribution in [-0.4, -0.2) is 89.6 Å². The molecule has 9 heteroatoms. The lowest BCUT2D eigenvalue weighted by Crippen LogP contribution is -2.48. The zero-order valence-electron chi connectivity index (χ0n) is 24.8. The van der Waals surface area contributed by atoms with Gasteiger partial charge in [0.25, 0.3) is 5.56 Å². The molecule has 0 spiro atoms. The number of carbonyl (C=O) groups excluding carboxylic acids is 1. The number of carboxylic acids is 1. The summed E-state index contributed by atoms with van der Waals surface area (Å²) in [6, 6.07) is 23.9. The summed E-state index contributed by atoms with van der Waals surface area (Å²) in [5.41, 5.74) is 7.96. The number of nitrogens with two attached hydrogens (primary N) is 1. The van der Waals surface area contributed by atoms with Crippen molar-refractivity contribution in [3.8, 4) is 5.69 Å². The van der Waals surface area contributed by atoms with Gasteiger partial charge in [0, 0.05) is 74.6 Å². The molecule has 1 amide bonds. The van der Waals surface area contributed by atoms with Crippen molar-refractivity contribution < 1.29 is 14.7 Å². The zero-order valence-corrected chi connectivity index (χ0v) is 24.8. The fourth-order valence-corrected chi connectivity index (χ4v) is 6.07. The highest BCUT2D eigenvalue weighted by atomic mass is 16.4. The molecule has 0 saturated carbocycles. The van der Waals surface area contributed by atoms with Crippen LogP contribution in [0.1, 0.15) is 39.5 Å². The number of nitrogens with zero attached hydrogens (tertiary/aromatic N) is 4. The van der Waals surface area contributed by atoms with Gasteiger partial charge in [-0.15, -0.1) is 0 Å². The monoisotopic (exact) mass is 581 g/mol. The van der Waals surface area contributed by atoms with Crippen LogP contribution < -0.4 is 11.3 Å². The predicted molar refractivity (Wildman–Crippen MR) is 169 cm³/mol. The van der Waals surface area contributed by atoms with Gasteiger partial charge in [0.1, 0.15) is 0 Å². The van der Waals surface area contributed by atoms with E-state index in [1.807, 2.05) is 66.7 Å². The second-order valence-electron chi connectivity index (χ2n) is 11.4. The number of hydrogen-bond acceptors (Lipinski definition) is 6. The van der Waals surface area contributed by atoms with Gasteiger partial charge in [0.05, 0.1) is 11.3 Å². The minimum Gasteiger partial charge on any atom is -0.478 e. The molecule has 3 N–H and O–H groups in total. The Morgan fingerprint density at radius 3 is 2.12 bits per heavy atom. The van der Waals surface area contributed by atoms with Crippen molar-refractivity contribution in [2.24, 2.45) is 5.73 Å². The Morgan fingerprint density at radius 1 is 0.884 bits per heavy atom. The first kappa shape index (κ1) is 30.2. The maximum atomic E-state index is 14.3. The lowest BCUT2D eigenvalue weighted by atomic mass is 9.84. The van der Waals surface area contributed by atoms with E-state index in [-0.39, 0.29) is 17.5 Å². The van der Waals surface area contributed by atoms with Gasteiger partial charge in [-0.1, -0.05) is 60.7 Å². The van der Waals surface area contributed by atoms with Crippen LogP contribution in [0.2, 0.25) is 0 Å². The van der Waals surface area contributed by atoms with Crippen LogP contribution in [0.15, 0.2) is 83.7 Å². The topological polar surface area (TPSA) is 112 Å². The number of likely N-dealkylation sites (N-methyl/N-ethyl adjacent to an activating group) is 1. The molecule has 1 aliphatic rings. The lowest BCUT2D eigenvalue weighted by Gasteiger charge is -2.36. The first-order valence-electron chi connectivity index (χ1n) is 14.7. The third-order valence-electron chi connectivity index (χ3n) is 8.25. The smallest absolute Gasteiger partial charge is 0.338 e. The molecular weight excluding hydrogens is 542 g/mol. The summed E-state index contributed by atoms with van der Waals surface area (Å²) < 4.78 is 1.56. The van der Waals surface area contributed by atoms with Crippen molar-refractivity contribution in [3.63, 3.8) is 0 Å². The highest BCUT2D eigenvalue weighted by molar-refractivity contribution is 6.06. The summed E-state index contributed by atoms with van der Waals surface area (Å²) >= 11 is 0. The summed E-state index contributed by atoms with van der Waals surface area (Å²) in [6.07, 6.45) is -0.0196. The quantitative estimate of drug-likeness (QED) is 0.279. The van der Waals surface area contributed by atoms with Crippen LogP contribution in [0.3, 0.4) is 0 Å². The number of pyridine rings is 1. The van der Waals surface area contributed by atoms with E-state index in [2.05, 4.69) is 28.8 Å². The molecule has 2 heterocycles. The van der Waals surface area contributed by atoms with Crippen LogP contribution in [-0.2, 0) is 11.3 Å². The van der Waals surface area contributed by atoms with Gasteiger partial charge in [-0.3, -0.25) is 24.0 Å². The molecule has 3 aromatic carbocycles.